The van der Waals surface area contributed by atoms with Crippen LogP contribution in [0.25, 0.3) is 11.0 Å². The van der Waals surface area contributed by atoms with Crippen molar-refractivity contribution in [3.63, 3.8) is 0 Å². The summed E-state index contributed by atoms with van der Waals surface area (Å²) in [7, 11) is 3.86. The van der Waals surface area contributed by atoms with Crippen LogP contribution >= 0.6 is 0 Å². The number of imidazole rings is 1. The number of H-pyrrole nitrogens is 1. The van der Waals surface area contributed by atoms with E-state index in [0.29, 0.717) is 6.04 Å². The third-order valence-corrected chi connectivity index (χ3v) is 3.81. The van der Waals surface area contributed by atoms with Crippen LogP contribution in [-0.4, -0.2) is 35.6 Å². The highest BCUT2D eigenvalue weighted by molar-refractivity contribution is 5.76. The second kappa shape index (κ2) is 6.75. The highest BCUT2D eigenvalue weighted by atomic mass is 16.5. The number of nitrogens with zero attached hydrogens (tertiary/aromatic N) is 2. The molecule has 0 aliphatic carbocycles. The van der Waals surface area contributed by atoms with Crippen LogP contribution in [0.2, 0.25) is 0 Å². The molecule has 0 aliphatic rings. The number of aromatic amines is 1. The maximum atomic E-state index is 5.26. The quantitative estimate of drug-likeness (QED) is 0.836. The molecule has 1 atom stereocenters. The third kappa shape index (κ3) is 3.12. The van der Waals surface area contributed by atoms with Crippen molar-refractivity contribution in [1.29, 1.82) is 0 Å². The standard InChI is InChI=1S/C16H25N3O/c1-5-7-10-19(3)15(6-2)16-17-13-9-8-12(20-4)11-14(13)18-16/h8-9,11,15H,5-7,10H2,1-4H3,(H,17,18). The average Bonchev–Trinajstić information content (AvgIpc) is 2.88. The number of methoxy groups -OCH3 is 1. The van der Waals surface area contributed by atoms with Crippen LogP contribution in [-0.2, 0) is 0 Å². The minimum Gasteiger partial charge on any atom is -0.497 e. The molecule has 0 radical (unpaired) electrons. The summed E-state index contributed by atoms with van der Waals surface area (Å²) in [5.41, 5.74) is 2.05. The first kappa shape index (κ1) is 14.9. The summed E-state index contributed by atoms with van der Waals surface area (Å²) in [5, 5.41) is 0. The molecule has 0 saturated carbocycles. The first-order valence-corrected chi connectivity index (χ1v) is 7.43. The normalized spacial score (nSPS) is 13.1. The molecule has 2 rings (SSSR count). The van der Waals surface area contributed by atoms with Crippen molar-refractivity contribution in [2.24, 2.45) is 0 Å². The Morgan fingerprint density at radius 2 is 2.15 bits per heavy atom. The molecule has 2 aromatic rings. The largest absolute Gasteiger partial charge is 0.497 e. The van der Waals surface area contributed by atoms with Gasteiger partial charge >= 0.3 is 0 Å². The van der Waals surface area contributed by atoms with Gasteiger partial charge in [-0.15, -0.1) is 0 Å². The topological polar surface area (TPSA) is 41.2 Å². The van der Waals surface area contributed by atoms with Crippen LogP contribution in [0.15, 0.2) is 18.2 Å². The van der Waals surface area contributed by atoms with E-state index in [1.54, 1.807) is 7.11 Å². The number of fused-ring (bicyclic) bond motifs is 1. The molecule has 20 heavy (non-hydrogen) atoms. The zero-order chi connectivity index (χ0) is 14.5. The lowest BCUT2D eigenvalue weighted by molar-refractivity contribution is 0.227. The monoisotopic (exact) mass is 275 g/mol. The molecule has 4 heteroatoms. The van der Waals surface area contributed by atoms with Gasteiger partial charge in [0.25, 0.3) is 0 Å². The summed E-state index contributed by atoms with van der Waals surface area (Å²) in [5.74, 6) is 1.91. The number of benzene rings is 1. The molecule has 0 amide bonds. The number of aromatic nitrogens is 2. The van der Waals surface area contributed by atoms with Gasteiger partial charge in [0, 0.05) is 6.07 Å². The van der Waals surface area contributed by atoms with Crippen LogP contribution < -0.4 is 4.74 Å². The van der Waals surface area contributed by atoms with E-state index in [2.05, 4.69) is 30.8 Å². The molecule has 4 nitrogen and oxygen atoms in total. The Kier molecular flexibility index (Phi) is 5.01. The molecule has 1 unspecified atom stereocenters. The molecule has 1 aromatic carbocycles. The van der Waals surface area contributed by atoms with Crippen molar-refractivity contribution in [1.82, 2.24) is 14.9 Å². The molecule has 0 bridgehead atoms. The minimum atomic E-state index is 0.347. The SMILES string of the molecule is CCCCN(C)C(CC)c1nc2ccc(OC)cc2[nH]1. The van der Waals surface area contributed by atoms with Crippen molar-refractivity contribution >= 4 is 11.0 Å². The van der Waals surface area contributed by atoms with E-state index in [0.717, 1.165) is 35.6 Å². The summed E-state index contributed by atoms with van der Waals surface area (Å²) < 4.78 is 5.26. The third-order valence-electron chi connectivity index (χ3n) is 3.81. The first-order valence-electron chi connectivity index (χ1n) is 7.43. The van der Waals surface area contributed by atoms with Gasteiger partial charge in [0.1, 0.15) is 11.6 Å². The summed E-state index contributed by atoms with van der Waals surface area (Å²) in [6.07, 6.45) is 3.50. The second-order valence-electron chi connectivity index (χ2n) is 5.26. The Bertz CT molecular complexity index is 550. The number of nitrogens with one attached hydrogen (secondary N) is 1. The Hall–Kier alpha value is -1.55. The van der Waals surface area contributed by atoms with E-state index in [-0.39, 0.29) is 0 Å². The molecule has 0 saturated heterocycles. The summed E-state index contributed by atoms with van der Waals surface area (Å²) in [6, 6.07) is 6.31. The van der Waals surface area contributed by atoms with Crippen molar-refractivity contribution in [3.05, 3.63) is 24.0 Å². The van der Waals surface area contributed by atoms with Crippen LogP contribution in [0.1, 0.15) is 45.0 Å². The van der Waals surface area contributed by atoms with Crippen molar-refractivity contribution in [2.75, 3.05) is 20.7 Å². The number of hydrogen-bond acceptors (Lipinski definition) is 3. The summed E-state index contributed by atoms with van der Waals surface area (Å²) in [4.78, 5) is 10.6. The molecule has 110 valence electrons. The first-order chi connectivity index (χ1) is 9.69. The van der Waals surface area contributed by atoms with E-state index in [4.69, 9.17) is 9.72 Å². The van der Waals surface area contributed by atoms with E-state index < -0.39 is 0 Å². The number of unbranched alkanes of at least 4 members (excludes halogenated alkanes) is 1. The maximum absolute atomic E-state index is 5.26. The molecular formula is C16H25N3O. The zero-order valence-corrected chi connectivity index (χ0v) is 12.9. The Labute approximate surface area is 121 Å². The van der Waals surface area contributed by atoms with E-state index in [1.165, 1.54) is 12.8 Å². The van der Waals surface area contributed by atoms with Gasteiger partial charge in [0.2, 0.25) is 0 Å². The fourth-order valence-corrected chi connectivity index (χ4v) is 2.57. The van der Waals surface area contributed by atoms with Crippen LogP contribution in [0, 0.1) is 0 Å². The van der Waals surface area contributed by atoms with Crippen LogP contribution in [0.3, 0.4) is 0 Å². The van der Waals surface area contributed by atoms with Crippen LogP contribution in [0.4, 0.5) is 0 Å². The highest BCUT2D eigenvalue weighted by Gasteiger charge is 2.18. The van der Waals surface area contributed by atoms with Crippen molar-refractivity contribution < 1.29 is 4.74 Å². The van der Waals surface area contributed by atoms with Crippen molar-refractivity contribution in [2.45, 2.75) is 39.2 Å². The molecule has 0 fully saturated rings. The lowest BCUT2D eigenvalue weighted by Crippen LogP contribution is -2.26. The average molecular weight is 275 g/mol. The number of hydrogen-bond donors (Lipinski definition) is 1. The fourth-order valence-electron chi connectivity index (χ4n) is 2.57. The molecule has 1 heterocycles. The Balaban J connectivity index is 2.25. The highest BCUT2D eigenvalue weighted by Crippen LogP contribution is 2.25. The maximum Gasteiger partial charge on any atom is 0.124 e. The zero-order valence-electron chi connectivity index (χ0n) is 12.9. The predicted octanol–water partition coefficient (Wildman–Crippen LogP) is 3.75. The minimum absolute atomic E-state index is 0.347. The van der Waals surface area contributed by atoms with E-state index in [1.807, 2.05) is 18.2 Å². The lowest BCUT2D eigenvalue weighted by Gasteiger charge is -2.25. The number of ether oxygens (including phenoxy) is 1. The van der Waals surface area contributed by atoms with Gasteiger partial charge in [-0.1, -0.05) is 20.3 Å². The van der Waals surface area contributed by atoms with Gasteiger partial charge in [-0.3, -0.25) is 4.90 Å². The molecule has 0 aliphatic heterocycles. The fraction of sp³-hybridized carbons (Fsp3) is 0.562. The predicted molar refractivity (Wildman–Crippen MR) is 83.2 cm³/mol. The van der Waals surface area contributed by atoms with E-state index >= 15 is 0 Å². The molecular weight excluding hydrogens is 250 g/mol. The van der Waals surface area contributed by atoms with Crippen LogP contribution in [0.5, 0.6) is 5.75 Å². The lowest BCUT2D eigenvalue weighted by atomic mass is 10.1. The Morgan fingerprint density at radius 3 is 2.80 bits per heavy atom. The molecule has 1 N–H and O–H groups in total. The summed E-state index contributed by atoms with van der Waals surface area (Å²) >= 11 is 0. The van der Waals surface area contributed by atoms with Gasteiger partial charge in [-0.05, 0) is 38.6 Å². The van der Waals surface area contributed by atoms with Gasteiger partial charge in [0.05, 0.1) is 24.2 Å². The van der Waals surface area contributed by atoms with Gasteiger partial charge in [0.15, 0.2) is 0 Å². The van der Waals surface area contributed by atoms with Gasteiger partial charge in [-0.2, -0.15) is 0 Å². The van der Waals surface area contributed by atoms with Gasteiger partial charge < -0.3 is 9.72 Å². The second-order valence-corrected chi connectivity index (χ2v) is 5.26. The van der Waals surface area contributed by atoms with E-state index in [9.17, 15) is 0 Å². The Morgan fingerprint density at radius 1 is 1.35 bits per heavy atom. The summed E-state index contributed by atoms with van der Waals surface area (Å²) in [6.45, 7) is 5.54. The smallest absolute Gasteiger partial charge is 0.124 e. The van der Waals surface area contributed by atoms with Crippen molar-refractivity contribution in [3.8, 4) is 5.75 Å². The molecule has 1 aromatic heterocycles. The molecule has 0 spiro atoms. The number of rotatable bonds is 7. The van der Waals surface area contributed by atoms with Gasteiger partial charge in [-0.25, -0.2) is 4.98 Å².